The van der Waals surface area contributed by atoms with Gasteiger partial charge in [-0.15, -0.1) is 0 Å². The van der Waals surface area contributed by atoms with E-state index in [0.29, 0.717) is 23.5 Å². The molecule has 1 heterocycles. The van der Waals surface area contributed by atoms with Crippen LogP contribution in [0.5, 0.6) is 0 Å². The number of ether oxygens (including phenoxy) is 1. The van der Waals surface area contributed by atoms with E-state index in [1.165, 1.54) is 12.8 Å². The van der Waals surface area contributed by atoms with E-state index >= 15 is 0 Å². The number of carbonyl (C=O) groups is 1. The number of hydrogen-bond acceptors (Lipinski definition) is 2. The molecule has 2 heteroatoms. The molecule has 0 bridgehead atoms. The molecule has 0 N–H and O–H groups in total. The first-order valence-electron chi connectivity index (χ1n) is 5.90. The molecule has 1 aliphatic carbocycles. The van der Waals surface area contributed by atoms with Gasteiger partial charge in [0.15, 0.2) is 0 Å². The van der Waals surface area contributed by atoms with Crippen molar-refractivity contribution in [2.45, 2.75) is 39.0 Å². The van der Waals surface area contributed by atoms with Gasteiger partial charge in [-0.1, -0.05) is 19.8 Å². The van der Waals surface area contributed by atoms with Crippen LogP contribution < -0.4 is 0 Å². The fourth-order valence-corrected chi connectivity index (χ4v) is 2.82. The van der Waals surface area contributed by atoms with Crippen molar-refractivity contribution in [3.05, 3.63) is 0 Å². The molecule has 2 unspecified atom stereocenters. The Morgan fingerprint density at radius 3 is 2.57 bits per heavy atom. The lowest BCUT2D eigenvalue weighted by molar-refractivity contribution is -0.132. The van der Waals surface area contributed by atoms with Gasteiger partial charge in [0.2, 0.25) is 0 Å². The normalized spacial score (nSPS) is 34.6. The van der Waals surface area contributed by atoms with E-state index in [1.807, 2.05) is 0 Å². The van der Waals surface area contributed by atoms with Gasteiger partial charge in [-0.05, 0) is 25.2 Å². The minimum atomic E-state index is 0.298. The second kappa shape index (κ2) is 4.43. The highest BCUT2D eigenvalue weighted by Gasteiger charge is 2.33. The molecule has 0 aromatic heterocycles. The summed E-state index contributed by atoms with van der Waals surface area (Å²) in [6.45, 7) is 3.72. The maximum atomic E-state index is 12.2. The lowest BCUT2D eigenvalue weighted by Crippen LogP contribution is -2.34. The average Bonchev–Trinajstić information content (AvgIpc) is 2.70. The Bertz CT molecular complexity index is 206. The first kappa shape index (κ1) is 10.2. The third-order valence-corrected chi connectivity index (χ3v) is 3.76. The van der Waals surface area contributed by atoms with Crippen LogP contribution in [0.15, 0.2) is 0 Å². The molecule has 1 saturated carbocycles. The summed E-state index contributed by atoms with van der Waals surface area (Å²) >= 11 is 0. The Kier molecular flexibility index (Phi) is 3.22. The van der Waals surface area contributed by atoms with Gasteiger partial charge >= 0.3 is 0 Å². The SMILES string of the molecule is CC1COCCC1C(=O)C1CCCC1. The summed E-state index contributed by atoms with van der Waals surface area (Å²) in [6, 6.07) is 0. The summed E-state index contributed by atoms with van der Waals surface area (Å²) < 4.78 is 5.37. The number of Topliss-reactive ketones (excluding diaryl/α,β-unsaturated/α-hetero) is 1. The van der Waals surface area contributed by atoms with E-state index in [9.17, 15) is 4.79 Å². The molecule has 0 aromatic rings. The quantitative estimate of drug-likeness (QED) is 0.678. The predicted molar refractivity (Wildman–Crippen MR) is 55.1 cm³/mol. The Labute approximate surface area is 86.0 Å². The summed E-state index contributed by atoms with van der Waals surface area (Å²) in [4.78, 5) is 12.2. The topological polar surface area (TPSA) is 26.3 Å². The highest BCUT2D eigenvalue weighted by molar-refractivity contribution is 5.84. The van der Waals surface area contributed by atoms with Gasteiger partial charge in [0.1, 0.15) is 5.78 Å². The summed E-state index contributed by atoms with van der Waals surface area (Å²) in [5.74, 6) is 1.67. The van der Waals surface area contributed by atoms with Crippen LogP contribution in [0.3, 0.4) is 0 Å². The van der Waals surface area contributed by atoms with Gasteiger partial charge in [0.05, 0.1) is 0 Å². The van der Waals surface area contributed by atoms with Crippen molar-refractivity contribution in [2.75, 3.05) is 13.2 Å². The van der Waals surface area contributed by atoms with Crippen LogP contribution in [0.2, 0.25) is 0 Å². The third kappa shape index (κ3) is 2.00. The maximum absolute atomic E-state index is 12.2. The first-order valence-corrected chi connectivity index (χ1v) is 5.90. The van der Waals surface area contributed by atoms with Crippen molar-refractivity contribution in [2.24, 2.45) is 17.8 Å². The number of rotatable bonds is 2. The van der Waals surface area contributed by atoms with Crippen LogP contribution >= 0.6 is 0 Å². The summed E-state index contributed by atoms with van der Waals surface area (Å²) in [5, 5.41) is 0. The molecule has 2 fully saturated rings. The second-order valence-corrected chi connectivity index (χ2v) is 4.83. The van der Waals surface area contributed by atoms with Gasteiger partial charge in [-0.3, -0.25) is 4.79 Å². The minimum Gasteiger partial charge on any atom is -0.381 e. The molecule has 80 valence electrons. The molecule has 0 aromatic carbocycles. The Hall–Kier alpha value is -0.370. The molecule has 2 rings (SSSR count). The molecule has 0 amide bonds. The van der Waals surface area contributed by atoms with Gasteiger partial charge in [0, 0.05) is 25.0 Å². The lowest BCUT2D eigenvalue weighted by Gasteiger charge is -2.29. The van der Waals surface area contributed by atoms with Crippen molar-refractivity contribution in [3.63, 3.8) is 0 Å². The molecule has 1 saturated heterocycles. The molecule has 0 spiro atoms. The molecular formula is C12H20O2. The zero-order valence-electron chi connectivity index (χ0n) is 9.00. The highest BCUT2D eigenvalue weighted by Crippen LogP contribution is 2.32. The molecule has 2 atom stereocenters. The second-order valence-electron chi connectivity index (χ2n) is 4.83. The van der Waals surface area contributed by atoms with Crippen LogP contribution in [0.1, 0.15) is 39.0 Å². The zero-order valence-corrected chi connectivity index (χ0v) is 9.00. The largest absolute Gasteiger partial charge is 0.381 e. The third-order valence-electron chi connectivity index (χ3n) is 3.76. The van der Waals surface area contributed by atoms with Crippen molar-refractivity contribution in [3.8, 4) is 0 Å². The predicted octanol–water partition coefficient (Wildman–Crippen LogP) is 2.42. The standard InChI is InChI=1S/C12H20O2/c1-9-8-14-7-6-11(9)12(13)10-4-2-3-5-10/h9-11H,2-8H2,1H3. The van der Waals surface area contributed by atoms with Crippen LogP contribution in [0.4, 0.5) is 0 Å². The van der Waals surface area contributed by atoms with Gasteiger partial charge in [-0.2, -0.15) is 0 Å². The van der Waals surface area contributed by atoms with Crippen molar-refractivity contribution < 1.29 is 9.53 Å². The fraction of sp³-hybridized carbons (Fsp3) is 0.917. The van der Waals surface area contributed by atoms with Gasteiger partial charge in [0.25, 0.3) is 0 Å². The first-order chi connectivity index (χ1) is 6.79. The smallest absolute Gasteiger partial charge is 0.139 e. The van der Waals surface area contributed by atoms with E-state index < -0.39 is 0 Å². The molecule has 14 heavy (non-hydrogen) atoms. The van der Waals surface area contributed by atoms with E-state index in [-0.39, 0.29) is 0 Å². The van der Waals surface area contributed by atoms with Gasteiger partial charge < -0.3 is 4.74 Å². The Balaban J connectivity index is 1.94. The fourth-order valence-electron chi connectivity index (χ4n) is 2.82. The number of carbonyl (C=O) groups excluding carboxylic acids is 1. The van der Waals surface area contributed by atoms with Crippen LogP contribution in [0, 0.1) is 17.8 Å². The monoisotopic (exact) mass is 196 g/mol. The lowest BCUT2D eigenvalue weighted by atomic mass is 9.81. The van der Waals surface area contributed by atoms with E-state index in [4.69, 9.17) is 4.74 Å². The van der Waals surface area contributed by atoms with Crippen molar-refractivity contribution in [1.29, 1.82) is 0 Å². The number of hydrogen-bond donors (Lipinski definition) is 0. The molecular weight excluding hydrogens is 176 g/mol. The van der Waals surface area contributed by atoms with E-state index in [0.717, 1.165) is 32.5 Å². The van der Waals surface area contributed by atoms with Crippen LogP contribution in [0.25, 0.3) is 0 Å². The molecule has 0 radical (unpaired) electrons. The zero-order chi connectivity index (χ0) is 9.97. The van der Waals surface area contributed by atoms with Crippen molar-refractivity contribution >= 4 is 5.78 Å². The Morgan fingerprint density at radius 2 is 1.93 bits per heavy atom. The molecule has 2 aliphatic rings. The number of ketones is 1. The Morgan fingerprint density at radius 1 is 1.21 bits per heavy atom. The minimum absolute atomic E-state index is 0.298. The maximum Gasteiger partial charge on any atom is 0.139 e. The summed E-state index contributed by atoms with van der Waals surface area (Å²) in [5.41, 5.74) is 0. The van der Waals surface area contributed by atoms with Gasteiger partial charge in [-0.25, -0.2) is 0 Å². The van der Waals surface area contributed by atoms with Crippen LogP contribution in [-0.2, 0) is 9.53 Å². The molecule has 2 nitrogen and oxygen atoms in total. The van der Waals surface area contributed by atoms with E-state index in [1.54, 1.807) is 0 Å². The average molecular weight is 196 g/mol. The van der Waals surface area contributed by atoms with E-state index in [2.05, 4.69) is 6.92 Å². The highest BCUT2D eigenvalue weighted by atomic mass is 16.5. The van der Waals surface area contributed by atoms with Crippen LogP contribution in [-0.4, -0.2) is 19.0 Å². The summed E-state index contributed by atoms with van der Waals surface area (Å²) in [7, 11) is 0. The van der Waals surface area contributed by atoms with Crippen molar-refractivity contribution in [1.82, 2.24) is 0 Å². The summed E-state index contributed by atoms with van der Waals surface area (Å²) in [6.07, 6.45) is 5.75. The molecule has 1 aliphatic heterocycles.